The normalized spacial score (nSPS) is 13.2. The van der Waals surface area contributed by atoms with Crippen molar-refractivity contribution in [1.82, 2.24) is 0 Å². The van der Waals surface area contributed by atoms with Gasteiger partial charge in [0.1, 0.15) is 0 Å². The largest absolute Gasteiger partial charge is 0.413 e. The maximum Gasteiger partial charge on any atom is 0.396 e. The fourth-order valence-corrected chi connectivity index (χ4v) is 6.08. The Hall–Kier alpha value is -3.69. The van der Waals surface area contributed by atoms with E-state index in [-0.39, 0.29) is 10.8 Å². The highest BCUT2D eigenvalue weighted by atomic mass is 32.2. The molecule has 152 valence electrons. The molecule has 2 heterocycles. The molecule has 0 fully saturated rings. The second kappa shape index (κ2) is 6.16. The Morgan fingerprint density at radius 1 is 0.903 bits per heavy atom. The van der Waals surface area contributed by atoms with Crippen LogP contribution in [0.3, 0.4) is 0 Å². The summed E-state index contributed by atoms with van der Waals surface area (Å²) < 4.78 is 35.4. The summed E-state index contributed by atoms with van der Waals surface area (Å²) in [6.45, 7) is 0. The van der Waals surface area contributed by atoms with Crippen LogP contribution >= 0.6 is 11.3 Å². The van der Waals surface area contributed by atoms with Gasteiger partial charge in [0, 0.05) is 32.8 Å². The molecule has 9 heteroatoms. The van der Waals surface area contributed by atoms with Crippen molar-refractivity contribution < 1.29 is 17.6 Å². The van der Waals surface area contributed by atoms with Crippen molar-refractivity contribution in [2.45, 2.75) is 4.90 Å². The lowest BCUT2D eigenvalue weighted by Gasteiger charge is -2.13. The molecule has 2 N–H and O–H groups in total. The van der Waals surface area contributed by atoms with Crippen LogP contribution in [-0.2, 0) is 10.0 Å². The van der Waals surface area contributed by atoms with Crippen molar-refractivity contribution in [2.75, 3.05) is 10.0 Å². The summed E-state index contributed by atoms with van der Waals surface area (Å²) in [6.07, 6.45) is 0. The maximum atomic E-state index is 13.4. The minimum Gasteiger partial charge on any atom is -0.413 e. The maximum absolute atomic E-state index is 13.4. The molecule has 4 aromatic carbocycles. The number of amides is 1. The molecule has 31 heavy (non-hydrogen) atoms. The zero-order valence-corrected chi connectivity index (χ0v) is 17.3. The number of nitrogens with one attached hydrogen (secondary N) is 2. The molecule has 1 aliphatic rings. The van der Waals surface area contributed by atoms with Gasteiger partial charge in [0.15, 0.2) is 5.58 Å². The number of carbonyl (C=O) groups excluding carboxylic acids is 1. The van der Waals surface area contributed by atoms with Gasteiger partial charge < -0.3 is 9.73 Å². The zero-order valence-electron chi connectivity index (χ0n) is 15.6. The number of hydrogen-bond acceptors (Lipinski definition) is 6. The predicted octanol–water partition coefficient (Wildman–Crippen LogP) is 4.53. The minimum atomic E-state index is -4.01. The third-order valence-electron chi connectivity index (χ3n) is 5.37. The SMILES string of the molecule is O=C1Nc2ccc(S(=O)(=O)Nc3cc4sc(=O)oc4c4ccccc34)c3cccc1c23. The van der Waals surface area contributed by atoms with Crippen molar-refractivity contribution in [3.63, 3.8) is 0 Å². The van der Waals surface area contributed by atoms with Crippen molar-refractivity contribution in [1.29, 1.82) is 0 Å². The van der Waals surface area contributed by atoms with Gasteiger partial charge in [0.2, 0.25) is 0 Å². The van der Waals surface area contributed by atoms with E-state index < -0.39 is 15.0 Å². The van der Waals surface area contributed by atoms with Crippen LogP contribution in [-0.4, -0.2) is 14.3 Å². The van der Waals surface area contributed by atoms with Gasteiger partial charge in [-0.2, -0.15) is 0 Å². The third-order valence-corrected chi connectivity index (χ3v) is 7.56. The summed E-state index contributed by atoms with van der Waals surface area (Å²) >= 11 is 0.915. The molecule has 0 spiro atoms. The first-order chi connectivity index (χ1) is 14.9. The van der Waals surface area contributed by atoms with Crippen LogP contribution < -0.4 is 15.0 Å². The van der Waals surface area contributed by atoms with Crippen LogP contribution in [0.1, 0.15) is 10.4 Å². The third kappa shape index (κ3) is 2.60. The molecule has 5 aromatic rings. The highest BCUT2D eigenvalue weighted by molar-refractivity contribution is 7.93. The Labute approximate surface area is 179 Å². The van der Waals surface area contributed by atoms with Crippen LogP contribution in [0.25, 0.3) is 31.8 Å². The van der Waals surface area contributed by atoms with Gasteiger partial charge in [-0.3, -0.25) is 9.52 Å². The van der Waals surface area contributed by atoms with Gasteiger partial charge in [-0.05, 0) is 24.3 Å². The molecule has 6 rings (SSSR count). The van der Waals surface area contributed by atoms with Gasteiger partial charge in [0.25, 0.3) is 15.9 Å². The molecule has 0 unspecified atom stereocenters. The first-order valence-corrected chi connectivity index (χ1v) is 11.6. The molecule has 0 saturated carbocycles. The van der Waals surface area contributed by atoms with Crippen LogP contribution in [0.4, 0.5) is 11.4 Å². The van der Waals surface area contributed by atoms with Crippen molar-refractivity contribution in [3.05, 3.63) is 76.0 Å². The molecule has 1 aliphatic heterocycles. The summed E-state index contributed by atoms with van der Waals surface area (Å²) in [7, 11) is -4.01. The summed E-state index contributed by atoms with van der Waals surface area (Å²) in [5, 5.41) is 5.06. The molecule has 0 aliphatic carbocycles. The molecule has 0 radical (unpaired) electrons. The standard InChI is InChI=1S/C22H12N2O5S2/c25-21-14-7-3-6-13-18(9-8-15(23-21)19(13)14)31(27,28)24-16-10-17-20(29-22(26)30-17)12-5-2-1-4-11(12)16/h1-10,24H,(H,23,25). The van der Waals surface area contributed by atoms with Gasteiger partial charge in [-0.1, -0.05) is 47.7 Å². The van der Waals surface area contributed by atoms with Crippen LogP contribution in [0, 0.1) is 0 Å². The lowest BCUT2D eigenvalue weighted by molar-refractivity contribution is 0.103. The minimum absolute atomic E-state index is 0.0640. The van der Waals surface area contributed by atoms with E-state index in [1.54, 1.807) is 54.6 Å². The number of hydrogen-bond donors (Lipinski definition) is 2. The van der Waals surface area contributed by atoms with Crippen molar-refractivity contribution in [3.8, 4) is 0 Å². The average Bonchev–Trinajstić information content (AvgIpc) is 3.28. The topological polar surface area (TPSA) is 105 Å². The molecule has 0 bridgehead atoms. The Morgan fingerprint density at radius 3 is 2.52 bits per heavy atom. The van der Waals surface area contributed by atoms with Gasteiger partial charge >= 0.3 is 4.94 Å². The van der Waals surface area contributed by atoms with Gasteiger partial charge in [-0.15, -0.1) is 0 Å². The lowest BCUT2D eigenvalue weighted by Crippen LogP contribution is -2.13. The lowest BCUT2D eigenvalue weighted by atomic mass is 10.1. The molecule has 0 saturated heterocycles. The fourth-order valence-electron chi connectivity index (χ4n) is 4.08. The van der Waals surface area contributed by atoms with E-state index in [4.69, 9.17) is 4.42 Å². The monoisotopic (exact) mass is 448 g/mol. The Bertz CT molecular complexity index is 1750. The predicted molar refractivity (Wildman–Crippen MR) is 121 cm³/mol. The van der Waals surface area contributed by atoms with Gasteiger partial charge in [0.05, 0.1) is 15.3 Å². The molecular formula is C22H12N2O5S2. The summed E-state index contributed by atoms with van der Waals surface area (Å²) in [5.41, 5.74) is 1.81. The van der Waals surface area contributed by atoms with E-state index in [1.165, 1.54) is 6.07 Å². The number of fused-ring (bicyclic) bond motifs is 3. The first-order valence-electron chi connectivity index (χ1n) is 9.28. The van der Waals surface area contributed by atoms with E-state index in [1.807, 2.05) is 0 Å². The van der Waals surface area contributed by atoms with E-state index in [0.29, 0.717) is 48.8 Å². The second-order valence-corrected chi connectivity index (χ2v) is 9.78. The fraction of sp³-hybridized carbons (Fsp3) is 0. The van der Waals surface area contributed by atoms with Gasteiger partial charge in [-0.25, -0.2) is 13.2 Å². The molecular weight excluding hydrogens is 436 g/mol. The Kier molecular flexibility index (Phi) is 3.60. The number of benzene rings is 4. The van der Waals surface area contributed by atoms with E-state index >= 15 is 0 Å². The Balaban J connectivity index is 1.57. The highest BCUT2D eigenvalue weighted by Gasteiger charge is 2.27. The van der Waals surface area contributed by atoms with Crippen molar-refractivity contribution in [2.24, 2.45) is 0 Å². The number of anilines is 2. The van der Waals surface area contributed by atoms with Crippen LogP contribution in [0.5, 0.6) is 0 Å². The molecule has 1 amide bonds. The molecule has 1 aromatic heterocycles. The summed E-state index contributed by atoms with van der Waals surface area (Å²) in [4.78, 5) is 23.5. The second-order valence-electron chi connectivity index (χ2n) is 7.15. The highest BCUT2D eigenvalue weighted by Crippen LogP contribution is 2.38. The summed E-state index contributed by atoms with van der Waals surface area (Å²) in [6, 6.07) is 16.8. The van der Waals surface area contributed by atoms with E-state index in [9.17, 15) is 18.0 Å². The van der Waals surface area contributed by atoms with Crippen LogP contribution in [0.2, 0.25) is 0 Å². The number of carbonyl (C=O) groups is 1. The smallest absolute Gasteiger partial charge is 0.396 e. The van der Waals surface area contributed by atoms with E-state index in [2.05, 4.69) is 10.0 Å². The zero-order chi connectivity index (χ0) is 21.3. The van der Waals surface area contributed by atoms with Crippen molar-refractivity contribution >= 4 is 70.5 Å². The quantitative estimate of drug-likeness (QED) is 0.422. The number of sulfonamides is 1. The Morgan fingerprint density at radius 2 is 1.68 bits per heavy atom. The first kappa shape index (κ1) is 18.1. The van der Waals surface area contributed by atoms with Crippen LogP contribution in [0.15, 0.2) is 74.8 Å². The molecule has 0 atom stereocenters. The summed E-state index contributed by atoms with van der Waals surface area (Å²) in [5.74, 6) is -0.255. The van der Waals surface area contributed by atoms with E-state index in [0.717, 1.165) is 11.3 Å². The average molecular weight is 448 g/mol. The molecule has 7 nitrogen and oxygen atoms in total. The number of rotatable bonds is 3.